The minimum Gasteiger partial charge on any atom is -0.351 e. The van der Waals surface area contributed by atoms with Crippen LogP contribution < -0.4 is 0 Å². The highest BCUT2D eigenvalue weighted by Crippen LogP contribution is 2.40. The molecule has 94 valence electrons. The Labute approximate surface area is 108 Å². The van der Waals surface area contributed by atoms with Gasteiger partial charge in [-0.2, -0.15) is 4.98 Å². The van der Waals surface area contributed by atoms with E-state index in [0.717, 1.165) is 11.3 Å². The van der Waals surface area contributed by atoms with Crippen molar-refractivity contribution in [1.82, 2.24) is 20.3 Å². The summed E-state index contributed by atoms with van der Waals surface area (Å²) < 4.78 is 10.4. The van der Waals surface area contributed by atoms with Gasteiger partial charge in [-0.1, -0.05) is 10.3 Å². The number of nitrogens with zero attached hydrogens (tertiary/aromatic N) is 4. The maximum Gasteiger partial charge on any atom is 0.296 e. The first-order chi connectivity index (χ1) is 9.40. The summed E-state index contributed by atoms with van der Waals surface area (Å²) in [5, 5.41) is 7.94. The molecule has 1 aliphatic carbocycles. The first-order valence-electron chi connectivity index (χ1n) is 6.11. The zero-order valence-corrected chi connectivity index (χ0v) is 9.98. The average molecular weight is 254 g/mol. The van der Waals surface area contributed by atoms with E-state index in [4.69, 9.17) is 9.05 Å². The summed E-state index contributed by atoms with van der Waals surface area (Å²) in [7, 11) is 0. The molecule has 1 fully saturated rings. The van der Waals surface area contributed by atoms with Crippen LogP contribution in [0.5, 0.6) is 0 Å². The molecular formula is C13H10N4O2. The van der Waals surface area contributed by atoms with E-state index in [9.17, 15) is 0 Å². The highest BCUT2D eigenvalue weighted by molar-refractivity contribution is 5.56. The van der Waals surface area contributed by atoms with E-state index in [1.807, 2.05) is 18.2 Å². The smallest absolute Gasteiger partial charge is 0.296 e. The second-order valence-corrected chi connectivity index (χ2v) is 4.56. The van der Waals surface area contributed by atoms with Crippen LogP contribution in [0.3, 0.4) is 0 Å². The predicted molar refractivity (Wildman–Crippen MR) is 65.0 cm³/mol. The Hall–Kier alpha value is -2.50. The van der Waals surface area contributed by atoms with Crippen LogP contribution >= 0.6 is 0 Å². The highest BCUT2D eigenvalue weighted by atomic mass is 16.5. The molecule has 19 heavy (non-hydrogen) atoms. The summed E-state index contributed by atoms with van der Waals surface area (Å²) in [5.41, 5.74) is 1.77. The molecule has 0 saturated heterocycles. The molecule has 0 unspecified atom stereocenters. The van der Waals surface area contributed by atoms with Crippen molar-refractivity contribution < 1.29 is 9.05 Å². The zero-order chi connectivity index (χ0) is 12.7. The predicted octanol–water partition coefficient (Wildman–Crippen LogP) is 2.66. The molecule has 0 atom stereocenters. The number of aromatic nitrogens is 4. The first-order valence-corrected chi connectivity index (χ1v) is 6.11. The normalized spacial score (nSPS) is 14.7. The molecule has 3 aromatic heterocycles. The molecule has 0 radical (unpaired) electrons. The fourth-order valence-corrected chi connectivity index (χ4v) is 1.90. The Balaban J connectivity index is 1.66. The van der Waals surface area contributed by atoms with Crippen molar-refractivity contribution in [1.29, 1.82) is 0 Å². The van der Waals surface area contributed by atoms with Crippen LogP contribution in [0.4, 0.5) is 0 Å². The SMILES string of the molecule is c1cncc(-c2noc(-c3cc(C4CC4)no3)n2)c1. The third-order valence-corrected chi connectivity index (χ3v) is 3.08. The summed E-state index contributed by atoms with van der Waals surface area (Å²) in [6.45, 7) is 0. The monoisotopic (exact) mass is 254 g/mol. The lowest BCUT2D eigenvalue weighted by atomic mass is 10.2. The van der Waals surface area contributed by atoms with E-state index in [-0.39, 0.29) is 0 Å². The van der Waals surface area contributed by atoms with Crippen molar-refractivity contribution in [2.75, 3.05) is 0 Å². The molecular weight excluding hydrogens is 244 g/mol. The maximum atomic E-state index is 5.24. The standard InChI is InChI=1S/C13H10N4O2/c1-2-9(7-14-5-1)12-15-13(19-17-12)11-6-10(16-18-11)8-3-4-8/h1-2,5-8H,3-4H2. The van der Waals surface area contributed by atoms with Crippen molar-refractivity contribution >= 4 is 0 Å². The van der Waals surface area contributed by atoms with Crippen molar-refractivity contribution in [2.45, 2.75) is 18.8 Å². The van der Waals surface area contributed by atoms with Gasteiger partial charge in [0.2, 0.25) is 11.6 Å². The molecule has 6 nitrogen and oxygen atoms in total. The minimum absolute atomic E-state index is 0.346. The van der Waals surface area contributed by atoms with Crippen LogP contribution in [0.15, 0.2) is 39.6 Å². The van der Waals surface area contributed by atoms with Gasteiger partial charge in [-0.15, -0.1) is 0 Å². The van der Waals surface area contributed by atoms with Crippen LogP contribution in [0.1, 0.15) is 24.5 Å². The Kier molecular flexibility index (Phi) is 2.20. The molecule has 0 N–H and O–H groups in total. The van der Waals surface area contributed by atoms with Crippen LogP contribution in [0, 0.1) is 0 Å². The number of rotatable bonds is 3. The van der Waals surface area contributed by atoms with Crippen molar-refractivity contribution in [3.05, 3.63) is 36.3 Å². The fourth-order valence-electron chi connectivity index (χ4n) is 1.90. The maximum absolute atomic E-state index is 5.24. The molecule has 0 bridgehead atoms. The first kappa shape index (κ1) is 10.4. The van der Waals surface area contributed by atoms with Gasteiger partial charge in [-0.25, -0.2) is 0 Å². The Morgan fingerprint density at radius 2 is 2.11 bits per heavy atom. The fraction of sp³-hybridized carbons (Fsp3) is 0.231. The lowest BCUT2D eigenvalue weighted by Crippen LogP contribution is -1.81. The summed E-state index contributed by atoms with van der Waals surface area (Å²) in [6.07, 6.45) is 5.74. The molecule has 0 aliphatic heterocycles. The molecule has 0 spiro atoms. The van der Waals surface area contributed by atoms with Crippen molar-refractivity contribution in [3.8, 4) is 23.0 Å². The van der Waals surface area contributed by atoms with Crippen molar-refractivity contribution in [2.24, 2.45) is 0 Å². The number of hydrogen-bond donors (Lipinski definition) is 0. The van der Waals surface area contributed by atoms with Gasteiger partial charge in [0.1, 0.15) is 0 Å². The largest absolute Gasteiger partial charge is 0.351 e. The number of hydrogen-bond acceptors (Lipinski definition) is 6. The van der Waals surface area contributed by atoms with Gasteiger partial charge < -0.3 is 9.05 Å². The topological polar surface area (TPSA) is 77.8 Å². The molecule has 3 aromatic rings. The molecule has 0 aromatic carbocycles. The second kappa shape index (κ2) is 4.01. The Morgan fingerprint density at radius 3 is 2.89 bits per heavy atom. The van der Waals surface area contributed by atoms with Crippen molar-refractivity contribution in [3.63, 3.8) is 0 Å². The average Bonchev–Trinajstić information content (AvgIpc) is 3.01. The summed E-state index contributed by atoms with van der Waals surface area (Å²) in [4.78, 5) is 8.31. The third-order valence-electron chi connectivity index (χ3n) is 3.08. The highest BCUT2D eigenvalue weighted by Gasteiger charge is 2.28. The Bertz CT molecular complexity index is 700. The van der Waals surface area contributed by atoms with E-state index >= 15 is 0 Å². The quantitative estimate of drug-likeness (QED) is 0.715. The van der Waals surface area contributed by atoms with Gasteiger partial charge in [0, 0.05) is 29.9 Å². The van der Waals surface area contributed by atoms with Gasteiger partial charge in [0.05, 0.1) is 5.69 Å². The van der Waals surface area contributed by atoms with E-state index in [0.29, 0.717) is 23.4 Å². The van der Waals surface area contributed by atoms with Crippen LogP contribution in [-0.2, 0) is 0 Å². The summed E-state index contributed by atoms with van der Waals surface area (Å²) >= 11 is 0. The van der Waals surface area contributed by atoms with E-state index < -0.39 is 0 Å². The summed E-state index contributed by atoms with van der Waals surface area (Å²) in [6, 6.07) is 5.57. The van der Waals surface area contributed by atoms with E-state index in [1.54, 1.807) is 12.4 Å². The minimum atomic E-state index is 0.346. The van der Waals surface area contributed by atoms with Gasteiger partial charge in [0.15, 0.2) is 0 Å². The lowest BCUT2D eigenvalue weighted by Gasteiger charge is -1.89. The molecule has 1 aliphatic rings. The summed E-state index contributed by atoms with van der Waals surface area (Å²) in [5.74, 6) is 1.90. The van der Waals surface area contributed by atoms with E-state index in [1.165, 1.54) is 12.8 Å². The van der Waals surface area contributed by atoms with Gasteiger partial charge in [-0.3, -0.25) is 4.98 Å². The molecule has 4 rings (SSSR count). The van der Waals surface area contributed by atoms with Gasteiger partial charge >= 0.3 is 0 Å². The Morgan fingerprint density at radius 1 is 1.16 bits per heavy atom. The van der Waals surface area contributed by atoms with Gasteiger partial charge in [-0.05, 0) is 25.0 Å². The molecule has 1 saturated carbocycles. The van der Waals surface area contributed by atoms with Crippen LogP contribution in [0.2, 0.25) is 0 Å². The number of pyridine rings is 1. The molecule has 0 amide bonds. The van der Waals surface area contributed by atoms with E-state index in [2.05, 4.69) is 20.3 Å². The third kappa shape index (κ3) is 1.91. The molecule has 6 heteroatoms. The lowest BCUT2D eigenvalue weighted by molar-refractivity contribution is 0.382. The van der Waals surface area contributed by atoms with Gasteiger partial charge in [0.25, 0.3) is 5.89 Å². The van der Waals surface area contributed by atoms with Crippen LogP contribution in [-0.4, -0.2) is 20.3 Å². The second-order valence-electron chi connectivity index (χ2n) is 4.56. The zero-order valence-electron chi connectivity index (χ0n) is 9.98. The molecule has 3 heterocycles. The van der Waals surface area contributed by atoms with Crippen LogP contribution in [0.25, 0.3) is 23.0 Å².